The number of benzene rings is 3. The number of rotatable bonds is 7. The van der Waals surface area contributed by atoms with E-state index in [1.165, 1.54) is 24.3 Å². The topological polar surface area (TPSA) is 153 Å². The van der Waals surface area contributed by atoms with Crippen LogP contribution in [0.5, 0.6) is 0 Å². The minimum Gasteiger partial charge on any atom is -0.279 e. The van der Waals surface area contributed by atoms with Gasteiger partial charge in [-0.1, -0.05) is 30.3 Å². The Balaban J connectivity index is 1.80. The van der Waals surface area contributed by atoms with Crippen LogP contribution in [0.15, 0.2) is 88.7 Å². The molecule has 0 atom stereocenters. The van der Waals surface area contributed by atoms with Crippen molar-refractivity contribution in [2.75, 3.05) is 4.72 Å². The fraction of sp³-hybridized carbons (Fsp3) is 0. The zero-order valence-electron chi connectivity index (χ0n) is 15.6. The molecule has 0 aliphatic heterocycles. The number of nitrogens with zero attached hydrogens (tertiary/aromatic N) is 1. The highest BCUT2D eigenvalue weighted by molar-refractivity contribution is 7.93. The number of anilines is 1. The molecular formula is C19H15N3O7S2. The number of carbonyl (C=O) groups excluding carboxylic acids is 1. The SMILES string of the molecule is O=C(NS(=O)(=O)c1ccc(NS(=O)(=O)c2ccccc2[N+](=O)[O-])cc1)c1ccccc1. The van der Waals surface area contributed by atoms with Crippen LogP contribution in [0.3, 0.4) is 0 Å². The Bertz CT molecular complexity index is 1340. The lowest BCUT2D eigenvalue weighted by molar-refractivity contribution is -0.387. The minimum atomic E-state index is -4.30. The zero-order valence-corrected chi connectivity index (χ0v) is 17.3. The number of hydrogen-bond donors (Lipinski definition) is 2. The number of carbonyl (C=O) groups is 1. The van der Waals surface area contributed by atoms with Gasteiger partial charge in [0, 0.05) is 17.3 Å². The van der Waals surface area contributed by atoms with E-state index in [9.17, 15) is 31.7 Å². The standard InChI is InChI=1S/C19H15N3O7S2/c23-19(14-6-2-1-3-7-14)21-30(26,27)16-12-10-15(11-13-16)20-31(28,29)18-9-5-4-8-17(18)22(24)25/h1-13,20H,(H,21,23). The number of nitro benzene ring substituents is 1. The molecule has 0 radical (unpaired) electrons. The fourth-order valence-corrected chi connectivity index (χ4v) is 4.78. The van der Waals surface area contributed by atoms with Gasteiger partial charge in [-0.3, -0.25) is 19.6 Å². The molecule has 3 aromatic carbocycles. The molecule has 0 saturated heterocycles. The molecule has 0 aliphatic carbocycles. The third-order valence-electron chi connectivity index (χ3n) is 4.03. The van der Waals surface area contributed by atoms with Crippen LogP contribution in [0.2, 0.25) is 0 Å². The molecule has 0 bridgehead atoms. The highest BCUT2D eigenvalue weighted by Crippen LogP contribution is 2.25. The molecule has 1 amide bonds. The summed E-state index contributed by atoms with van der Waals surface area (Å²) in [6, 6.07) is 17.1. The quantitative estimate of drug-likeness (QED) is 0.405. The highest BCUT2D eigenvalue weighted by atomic mass is 32.2. The van der Waals surface area contributed by atoms with E-state index in [2.05, 4.69) is 4.72 Å². The van der Waals surface area contributed by atoms with Crippen LogP contribution in [0.4, 0.5) is 11.4 Å². The smallest absolute Gasteiger partial charge is 0.279 e. The van der Waals surface area contributed by atoms with Crippen LogP contribution in [0.1, 0.15) is 10.4 Å². The molecule has 0 aliphatic rings. The Kier molecular flexibility index (Phi) is 6.04. The monoisotopic (exact) mass is 461 g/mol. The minimum absolute atomic E-state index is 0.0218. The van der Waals surface area contributed by atoms with E-state index in [0.29, 0.717) is 0 Å². The number of hydrogen-bond acceptors (Lipinski definition) is 7. The van der Waals surface area contributed by atoms with Crippen LogP contribution < -0.4 is 9.44 Å². The second kappa shape index (κ2) is 8.53. The maximum atomic E-state index is 12.5. The van der Waals surface area contributed by atoms with Gasteiger partial charge in [-0.15, -0.1) is 0 Å². The molecule has 31 heavy (non-hydrogen) atoms. The maximum Gasteiger partial charge on any atom is 0.289 e. The van der Waals surface area contributed by atoms with Crippen molar-refractivity contribution in [3.63, 3.8) is 0 Å². The summed E-state index contributed by atoms with van der Waals surface area (Å²) < 4.78 is 53.9. The third kappa shape index (κ3) is 5.05. The van der Waals surface area contributed by atoms with E-state index < -0.39 is 41.5 Å². The van der Waals surface area contributed by atoms with Gasteiger partial charge in [-0.2, -0.15) is 0 Å². The van der Waals surface area contributed by atoms with Crippen molar-refractivity contribution in [1.29, 1.82) is 0 Å². The summed E-state index contributed by atoms with van der Waals surface area (Å²) in [6.45, 7) is 0. The zero-order chi connectivity index (χ0) is 22.6. The van der Waals surface area contributed by atoms with Crippen molar-refractivity contribution >= 4 is 37.3 Å². The predicted molar refractivity (Wildman–Crippen MR) is 111 cm³/mol. The van der Waals surface area contributed by atoms with Gasteiger partial charge in [-0.05, 0) is 42.5 Å². The normalized spacial score (nSPS) is 11.5. The summed E-state index contributed by atoms with van der Waals surface area (Å²) in [4.78, 5) is 21.5. The van der Waals surface area contributed by atoms with Gasteiger partial charge in [0.2, 0.25) is 0 Å². The van der Waals surface area contributed by atoms with Crippen LogP contribution in [-0.2, 0) is 20.0 Å². The first kappa shape index (κ1) is 21.9. The van der Waals surface area contributed by atoms with Gasteiger partial charge >= 0.3 is 0 Å². The number of sulfonamides is 2. The van der Waals surface area contributed by atoms with Crippen molar-refractivity contribution in [2.24, 2.45) is 0 Å². The number of amides is 1. The Morgan fingerprint density at radius 2 is 1.35 bits per heavy atom. The lowest BCUT2D eigenvalue weighted by Gasteiger charge is -2.10. The summed E-state index contributed by atoms with van der Waals surface area (Å²) in [5.41, 5.74) is -0.468. The van der Waals surface area contributed by atoms with Gasteiger partial charge in [0.15, 0.2) is 4.90 Å². The molecule has 0 saturated carbocycles. The van der Waals surface area contributed by atoms with Crippen LogP contribution in [-0.4, -0.2) is 27.7 Å². The molecule has 3 rings (SSSR count). The molecule has 12 heteroatoms. The molecule has 160 valence electrons. The van der Waals surface area contributed by atoms with E-state index in [1.54, 1.807) is 18.2 Å². The number of nitro groups is 1. The second-order valence-corrected chi connectivity index (χ2v) is 9.49. The van der Waals surface area contributed by atoms with Gasteiger partial charge in [-0.25, -0.2) is 21.6 Å². The summed E-state index contributed by atoms with van der Waals surface area (Å²) in [5, 5.41) is 11.1. The van der Waals surface area contributed by atoms with Crippen LogP contribution in [0, 0.1) is 10.1 Å². The average Bonchev–Trinajstić information content (AvgIpc) is 2.74. The van der Waals surface area contributed by atoms with E-state index >= 15 is 0 Å². The van der Waals surface area contributed by atoms with Crippen molar-refractivity contribution < 1.29 is 26.6 Å². The summed E-state index contributed by atoms with van der Waals surface area (Å²) in [6.07, 6.45) is 0. The average molecular weight is 461 g/mol. The fourth-order valence-electron chi connectivity index (χ4n) is 2.58. The molecular weight excluding hydrogens is 446 g/mol. The van der Waals surface area contributed by atoms with Gasteiger partial charge in [0.1, 0.15) is 0 Å². The first-order chi connectivity index (χ1) is 14.6. The first-order valence-electron chi connectivity index (χ1n) is 8.59. The van der Waals surface area contributed by atoms with E-state index in [0.717, 1.165) is 36.4 Å². The van der Waals surface area contributed by atoms with Crippen molar-refractivity contribution in [3.05, 3.63) is 94.5 Å². The van der Waals surface area contributed by atoms with Crippen LogP contribution >= 0.6 is 0 Å². The summed E-state index contributed by atoms with van der Waals surface area (Å²) in [7, 11) is -8.51. The molecule has 10 nitrogen and oxygen atoms in total. The largest absolute Gasteiger partial charge is 0.289 e. The molecule has 0 heterocycles. The first-order valence-corrected chi connectivity index (χ1v) is 11.6. The Labute approximate surface area is 177 Å². The number of para-hydroxylation sites is 1. The Morgan fingerprint density at radius 1 is 0.774 bits per heavy atom. The third-order valence-corrected chi connectivity index (χ3v) is 6.81. The van der Waals surface area contributed by atoms with E-state index in [-0.39, 0.29) is 16.1 Å². The van der Waals surface area contributed by atoms with Crippen molar-refractivity contribution in [1.82, 2.24) is 4.72 Å². The number of nitrogens with one attached hydrogen (secondary N) is 2. The molecule has 0 unspecified atom stereocenters. The molecule has 3 aromatic rings. The Hall–Kier alpha value is -3.77. The lowest BCUT2D eigenvalue weighted by Crippen LogP contribution is -2.30. The summed E-state index contributed by atoms with van der Waals surface area (Å²) >= 11 is 0. The van der Waals surface area contributed by atoms with Gasteiger partial charge in [0.05, 0.1) is 9.82 Å². The highest BCUT2D eigenvalue weighted by Gasteiger charge is 2.25. The molecule has 0 fully saturated rings. The lowest BCUT2D eigenvalue weighted by atomic mass is 10.2. The predicted octanol–water partition coefficient (Wildman–Crippen LogP) is 2.51. The summed E-state index contributed by atoms with van der Waals surface area (Å²) in [5.74, 6) is -0.818. The molecule has 0 spiro atoms. The molecule has 0 aromatic heterocycles. The van der Waals surface area contributed by atoms with Crippen molar-refractivity contribution in [2.45, 2.75) is 9.79 Å². The van der Waals surface area contributed by atoms with Gasteiger partial charge < -0.3 is 0 Å². The van der Waals surface area contributed by atoms with E-state index in [4.69, 9.17) is 0 Å². The Morgan fingerprint density at radius 3 is 1.97 bits per heavy atom. The van der Waals surface area contributed by atoms with Gasteiger partial charge in [0.25, 0.3) is 31.6 Å². The second-order valence-electron chi connectivity index (χ2n) is 6.16. The van der Waals surface area contributed by atoms with E-state index in [1.807, 2.05) is 4.72 Å². The molecule has 2 N–H and O–H groups in total. The van der Waals surface area contributed by atoms with Crippen molar-refractivity contribution in [3.8, 4) is 0 Å². The maximum absolute atomic E-state index is 12.5. The van der Waals surface area contributed by atoms with Crippen LogP contribution in [0.25, 0.3) is 0 Å².